The predicted molar refractivity (Wildman–Crippen MR) is 114 cm³/mol. The van der Waals surface area contributed by atoms with Crippen LogP contribution in [0.1, 0.15) is 21.5 Å². The summed E-state index contributed by atoms with van der Waals surface area (Å²) in [6, 6.07) is 21.3. The Labute approximate surface area is 171 Å². The van der Waals surface area contributed by atoms with Gasteiger partial charge in [-0.15, -0.1) is 0 Å². The molecule has 0 saturated heterocycles. The highest BCUT2D eigenvalue weighted by Crippen LogP contribution is 2.40. The molecule has 0 bridgehead atoms. The molecule has 0 aliphatic heterocycles. The van der Waals surface area contributed by atoms with E-state index >= 15 is 0 Å². The summed E-state index contributed by atoms with van der Waals surface area (Å²) in [4.78, 5) is 13.0. The van der Waals surface area contributed by atoms with Crippen LogP contribution in [0.5, 0.6) is 17.2 Å². The van der Waals surface area contributed by atoms with Crippen LogP contribution in [-0.2, 0) is 12.8 Å². The fourth-order valence-electron chi connectivity index (χ4n) is 3.24. The molecule has 0 heterocycles. The highest BCUT2D eigenvalue weighted by molar-refractivity contribution is 6.05. The van der Waals surface area contributed by atoms with Crippen molar-refractivity contribution in [3.8, 4) is 17.2 Å². The van der Waals surface area contributed by atoms with Crippen LogP contribution in [0.15, 0.2) is 66.7 Å². The summed E-state index contributed by atoms with van der Waals surface area (Å²) in [5.74, 6) is 1.28. The van der Waals surface area contributed by atoms with Crippen LogP contribution >= 0.6 is 0 Å². The van der Waals surface area contributed by atoms with Gasteiger partial charge >= 0.3 is 0 Å². The van der Waals surface area contributed by atoms with Crippen molar-refractivity contribution in [1.29, 1.82) is 0 Å². The van der Waals surface area contributed by atoms with Gasteiger partial charge in [0.05, 0.1) is 21.3 Å². The number of hydrogen-bond donors (Lipinski definition) is 1. The van der Waals surface area contributed by atoms with E-state index in [2.05, 4.69) is 17.4 Å². The number of anilines is 1. The molecule has 29 heavy (non-hydrogen) atoms. The van der Waals surface area contributed by atoms with Crippen molar-refractivity contribution in [3.63, 3.8) is 0 Å². The quantitative estimate of drug-likeness (QED) is 0.602. The molecule has 5 heteroatoms. The lowest BCUT2D eigenvalue weighted by Crippen LogP contribution is -2.15. The molecule has 0 aliphatic rings. The first-order valence-electron chi connectivity index (χ1n) is 9.39. The van der Waals surface area contributed by atoms with E-state index in [-0.39, 0.29) is 5.91 Å². The van der Waals surface area contributed by atoms with Crippen molar-refractivity contribution in [2.24, 2.45) is 0 Å². The topological polar surface area (TPSA) is 56.8 Å². The lowest BCUT2D eigenvalue weighted by molar-refractivity contribution is 0.102. The minimum Gasteiger partial charge on any atom is -0.493 e. The number of benzene rings is 3. The van der Waals surface area contributed by atoms with E-state index in [4.69, 9.17) is 14.2 Å². The minimum absolute atomic E-state index is 0.178. The predicted octanol–water partition coefficient (Wildman–Crippen LogP) is 4.75. The standard InChI is InChI=1S/C24H25NO4/c1-27-21-15-19(16-22(28-2)23(21)29-3)25-24(26)20-12-8-7-11-18(20)14-13-17-9-5-4-6-10-17/h4-12,15-16H,13-14H2,1-3H3,(H,25,26). The van der Waals surface area contributed by atoms with E-state index < -0.39 is 0 Å². The number of rotatable bonds is 8. The first-order valence-corrected chi connectivity index (χ1v) is 9.39. The molecule has 0 atom stereocenters. The van der Waals surface area contributed by atoms with Gasteiger partial charge in [0.25, 0.3) is 5.91 Å². The minimum atomic E-state index is -0.178. The maximum Gasteiger partial charge on any atom is 0.255 e. The van der Waals surface area contributed by atoms with Gasteiger partial charge in [-0.1, -0.05) is 48.5 Å². The third kappa shape index (κ3) is 4.88. The zero-order chi connectivity index (χ0) is 20.6. The van der Waals surface area contributed by atoms with E-state index in [0.29, 0.717) is 28.5 Å². The van der Waals surface area contributed by atoms with Crippen molar-refractivity contribution in [1.82, 2.24) is 0 Å². The van der Waals surface area contributed by atoms with Crippen LogP contribution in [-0.4, -0.2) is 27.2 Å². The zero-order valence-corrected chi connectivity index (χ0v) is 16.9. The van der Waals surface area contributed by atoms with Crippen LogP contribution in [0, 0.1) is 0 Å². The fourth-order valence-corrected chi connectivity index (χ4v) is 3.24. The maximum atomic E-state index is 13.0. The molecule has 3 aromatic rings. The average molecular weight is 391 g/mol. The summed E-state index contributed by atoms with van der Waals surface area (Å²) in [7, 11) is 4.63. The molecule has 5 nitrogen and oxygen atoms in total. The summed E-state index contributed by atoms with van der Waals surface area (Å²) < 4.78 is 16.1. The molecule has 0 saturated carbocycles. The van der Waals surface area contributed by atoms with Crippen LogP contribution < -0.4 is 19.5 Å². The molecule has 0 unspecified atom stereocenters. The van der Waals surface area contributed by atoms with E-state index in [1.54, 1.807) is 33.5 Å². The first kappa shape index (κ1) is 20.3. The lowest BCUT2D eigenvalue weighted by atomic mass is 9.99. The Bertz CT molecular complexity index is 945. The summed E-state index contributed by atoms with van der Waals surface area (Å²) in [5.41, 5.74) is 3.47. The molecule has 1 N–H and O–H groups in total. The van der Waals surface area contributed by atoms with Crippen molar-refractivity contribution in [3.05, 3.63) is 83.4 Å². The molecule has 0 aromatic heterocycles. The molecule has 0 aliphatic carbocycles. The second-order valence-electron chi connectivity index (χ2n) is 6.51. The molecule has 0 spiro atoms. The number of hydrogen-bond acceptors (Lipinski definition) is 4. The Morgan fingerprint density at radius 1 is 0.793 bits per heavy atom. The van der Waals surface area contributed by atoms with Gasteiger partial charge in [0, 0.05) is 23.4 Å². The second kappa shape index (κ2) is 9.64. The first-order chi connectivity index (χ1) is 14.2. The molecule has 0 fully saturated rings. The smallest absolute Gasteiger partial charge is 0.255 e. The molecule has 1 amide bonds. The monoisotopic (exact) mass is 391 g/mol. The number of methoxy groups -OCH3 is 3. The zero-order valence-electron chi connectivity index (χ0n) is 16.9. The summed E-state index contributed by atoms with van der Waals surface area (Å²) in [6.45, 7) is 0. The Kier molecular flexibility index (Phi) is 6.74. The van der Waals surface area contributed by atoms with Gasteiger partial charge in [0.1, 0.15) is 0 Å². The van der Waals surface area contributed by atoms with Gasteiger partial charge in [-0.05, 0) is 30.0 Å². The van der Waals surface area contributed by atoms with Gasteiger partial charge in [-0.3, -0.25) is 4.79 Å². The summed E-state index contributed by atoms with van der Waals surface area (Å²) in [6.07, 6.45) is 1.65. The number of ether oxygens (including phenoxy) is 3. The van der Waals surface area contributed by atoms with Crippen molar-refractivity contribution in [2.75, 3.05) is 26.6 Å². The van der Waals surface area contributed by atoms with E-state index in [1.165, 1.54) is 5.56 Å². The number of carbonyl (C=O) groups is 1. The van der Waals surface area contributed by atoms with Crippen LogP contribution in [0.3, 0.4) is 0 Å². The Morgan fingerprint density at radius 2 is 1.41 bits per heavy atom. The van der Waals surface area contributed by atoms with Gasteiger partial charge in [-0.2, -0.15) is 0 Å². The molecule has 0 radical (unpaired) electrons. The molecule has 3 rings (SSSR count). The largest absolute Gasteiger partial charge is 0.493 e. The maximum absolute atomic E-state index is 13.0. The highest BCUT2D eigenvalue weighted by Gasteiger charge is 2.16. The van der Waals surface area contributed by atoms with Crippen LogP contribution in [0.4, 0.5) is 5.69 Å². The van der Waals surface area contributed by atoms with Gasteiger partial charge in [-0.25, -0.2) is 0 Å². The molecular formula is C24H25NO4. The average Bonchev–Trinajstić information content (AvgIpc) is 2.77. The van der Waals surface area contributed by atoms with E-state index in [0.717, 1.165) is 18.4 Å². The number of aryl methyl sites for hydroxylation is 2. The van der Waals surface area contributed by atoms with Crippen molar-refractivity contribution in [2.45, 2.75) is 12.8 Å². The van der Waals surface area contributed by atoms with Crippen LogP contribution in [0.2, 0.25) is 0 Å². The van der Waals surface area contributed by atoms with Gasteiger partial charge < -0.3 is 19.5 Å². The van der Waals surface area contributed by atoms with Crippen molar-refractivity contribution >= 4 is 11.6 Å². The SMILES string of the molecule is COc1cc(NC(=O)c2ccccc2CCc2ccccc2)cc(OC)c1OC. The number of carbonyl (C=O) groups excluding carboxylic acids is 1. The Hall–Kier alpha value is -3.47. The normalized spacial score (nSPS) is 10.3. The van der Waals surface area contributed by atoms with Gasteiger partial charge in [0.2, 0.25) is 5.75 Å². The Balaban J connectivity index is 1.81. The number of amides is 1. The van der Waals surface area contributed by atoms with Gasteiger partial charge in [0.15, 0.2) is 11.5 Å². The summed E-state index contributed by atoms with van der Waals surface area (Å²) in [5, 5.41) is 2.94. The number of nitrogens with one attached hydrogen (secondary N) is 1. The highest BCUT2D eigenvalue weighted by atomic mass is 16.5. The summed E-state index contributed by atoms with van der Waals surface area (Å²) >= 11 is 0. The molecule has 3 aromatic carbocycles. The Morgan fingerprint density at radius 3 is 2.03 bits per heavy atom. The van der Waals surface area contributed by atoms with Crippen molar-refractivity contribution < 1.29 is 19.0 Å². The third-order valence-corrected chi connectivity index (χ3v) is 4.71. The fraction of sp³-hybridized carbons (Fsp3) is 0.208. The molecular weight excluding hydrogens is 366 g/mol. The molecule has 150 valence electrons. The van der Waals surface area contributed by atoms with E-state index in [1.807, 2.05) is 42.5 Å². The van der Waals surface area contributed by atoms with Crippen LogP contribution in [0.25, 0.3) is 0 Å². The lowest BCUT2D eigenvalue weighted by Gasteiger charge is -2.15. The second-order valence-corrected chi connectivity index (χ2v) is 6.51. The third-order valence-electron chi connectivity index (χ3n) is 4.71. The van der Waals surface area contributed by atoms with E-state index in [9.17, 15) is 4.79 Å².